The van der Waals surface area contributed by atoms with E-state index in [0.29, 0.717) is 17.6 Å². The second kappa shape index (κ2) is 4.77. The van der Waals surface area contributed by atoms with Gasteiger partial charge in [-0.15, -0.1) is 0 Å². The third-order valence-corrected chi connectivity index (χ3v) is 5.23. The first-order chi connectivity index (χ1) is 7.58. The third kappa shape index (κ3) is 2.78. The number of H-pyrrole nitrogens is 1. The van der Waals surface area contributed by atoms with Crippen molar-refractivity contribution in [2.75, 3.05) is 12.3 Å². The van der Waals surface area contributed by atoms with Crippen LogP contribution in [0.25, 0.3) is 0 Å². The molecule has 0 amide bonds. The summed E-state index contributed by atoms with van der Waals surface area (Å²) in [5.74, 6) is 1.74. The first-order valence-corrected chi connectivity index (χ1v) is 7.74. The Balaban J connectivity index is 1.97. The van der Waals surface area contributed by atoms with Gasteiger partial charge in [0, 0.05) is 11.8 Å². The zero-order valence-corrected chi connectivity index (χ0v) is 10.7. The van der Waals surface area contributed by atoms with Gasteiger partial charge in [-0.1, -0.05) is 0 Å². The Morgan fingerprint density at radius 1 is 1.69 bits per heavy atom. The summed E-state index contributed by atoms with van der Waals surface area (Å²) in [5, 5.41) is 0.562. The molecule has 1 aliphatic heterocycles. The van der Waals surface area contributed by atoms with Gasteiger partial charge < -0.3 is 4.98 Å². The Hall–Kier alpha value is -0.530. The van der Waals surface area contributed by atoms with Gasteiger partial charge in [-0.25, -0.2) is 18.1 Å². The Morgan fingerprint density at radius 3 is 3.06 bits per heavy atom. The van der Waals surface area contributed by atoms with E-state index in [1.807, 2.05) is 11.8 Å². The number of sulfonamides is 1. The second-order valence-corrected chi connectivity index (χ2v) is 6.96. The summed E-state index contributed by atoms with van der Waals surface area (Å²) in [6.07, 6.45) is 3.62. The van der Waals surface area contributed by atoms with Crippen molar-refractivity contribution in [1.29, 1.82) is 0 Å². The van der Waals surface area contributed by atoms with Gasteiger partial charge in [0.05, 0.1) is 6.20 Å². The number of hydrogen-bond acceptors (Lipinski definition) is 4. The van der Waals surface area contributed by atoms with Crippen molar-refractivity contribution in [1.82, 2.24) is 14.7 Å². The van der Waals surface area contributed by atoms with Crippen LogP contribution in [-0.2, 0) is 10.0 Å². The van der Waals surface area contributed by atoms with Crippen LogP contribution < -0.4 is 4.72 Å². The van der Waals surface area contributed by atoms with Gasteiger partial charge in [0.1, 0.15) is 5.82 Å². The minimum Gasteiger partial charge on any atom is -0.332 e. The number of aromatic nitrogens is 2. The second-order valence-electron chi connectivity index (χ2n) is 3.82. The summed E-state index contributed by atoms with van der Waals surface area (Å²) in [5.41, 5.74) is 0. The molecule has 5 nitrogen and oxygen atoms in total. The van der Waals surface area contributed by atoms with E-state index in [4.69, 9.17) is 0 Å². The van der Waals surface area contributed by atoms with Gasteiger partial charge in [0.2, 0.25) is 0 Å². The van der Waals surface area contributed by atoms with E-state index >= 15 is 0 Å². The number of nitrogens with zero attached hydrogens (tertiary/aromatic N) is 1. The molecule has 0 radical (unpaired) electrons. The Kier molecular flexibility index (Phi) is 3.56. The van der Waals surface area contributed by atoms with E-state index in [1.165, 1.54) is 12.6 Å². The first kappa shape index (κ1) is 11.9. The number of nitrogens with one attached hydrogen (secondary N) is 2. The molecular formula is C9H15N3O2S2. The number of hydrogen-bond donors (Lipinski definition) is 2. The van der Waals surface area contributed by atoms with Crippen molar-refractivity contribution in [3.63, 3.8) is 0 Å². The van der Waals surface area contributed by atoms with Crippen LogP contribution >= 0.6 is 11.8 Å². The van der Waals surface area contributed by atoms with Crippen LogP contribution in [0.3, 0.4) is 0 Å². The van der Waals surface area contributed by atoms with Crippen molar-refractivity contribution in [3.8, 4) is 0 Å². The van der Waals surface area contributed by atoms with Crippen LogP contribution in [0.4, 0.5) is 0 Å². The standard InChI is InChI=1S/C9H15N3O2S2/c1-7-10-6-9(12-7)16(13,14)11-5-8-3-2-4-15-8/h6,8,11H,2-5H2,1H3,(H,10,12). The Labute approximate surface area is 99.5 Å². The van der Waals surface area contributed by atoms with E-state index in [1.54, 1.807) is 6.92 Å². The summed E-state index contributed by atoms with van der Waals surface area (Å²) >= 11 is 1.83. The van der Waals surface area contributed by atoms with Crippen LogP contribution in [-0.4, -0.2) is 35.9 Å². The lowest BCUT2D eigenvalue weighted by molar-refractivity contribution is 0.575. The van der Waals surface area contributed by atoms with Crippen molar-refractivity contribution >= 4 is 21.8 Å². The maximum atomic E-state index is 11.8. The fourth-order valence-electron chi connectivity index (χ4n) is 1.62. The number of rotatable bonds is 4. The third-order valence-electron chi connectivity index (χ3n) is 2.49. The highest BCUT2D eigenvalue weighted by Crippen LogP contribution is 2.25. The topological polar surface area (TPSA) is 74.8 Å². The SMILES string of the molecule is Cc1ncc(S(=O)(=O)NCC2CCCS2)[nH]1. The van der Waals surface area contributed by atoms with Gasteiger partial charge in [-0.2, -0.15) is 11.8 Å². The minimum absolute atomic E-state index is 0.146. The molecule has 0 bridgehead atoms. The van der Waals surface area contributed by atoms with E-state index in [2.05, 4.69) is 14.7 Å². The fourth-order valence-corrected chi connectivity index (χ4v) is 3.98. The Bertz CT molecular complexity index is 449. The van der Waals surface area contributed by atoms with Crippen LogP contribution in [0.5, 0.6) is 0 Å². The lowest BCUT2D eigenvalue weighted by Gasteiger charge is -2.09. The molecule has 1 aromatic heterocycles. The molecule has 2 heterocycles. The molecule has 1 aromatic rings. The molecule has 0 aromatic carbocycles. The Morgan fingerprint density at radius 2 is 2.50 bits per heavy atom. The summed E-state index contributed by atoms with van der Waals surface area (Å²) in [7, 11) is -3.41. The largest absolute Gasteiger partial charge is 0.332 e. The lowest BCUT2D eigenvalue weighted by Crippen LogP contribution is -2.30. The number of thioether (sulfide) groups is 1. The molecule has 0 saturated carbocycles. The van der Waals surface area contributed by atoms with Crippen LogP contribution in [0.1, 0.15) is 18.7 Å². The molecule has 0 spiro atoms. The van der Waals surface area contributed by atoms with Crippen molar-refractivity contribution in [2.24, 2.45) is 0 Å². The molecular weight excluding hydrogens is 246 g/mol. The monoisotopic (exact) mass is 261 g/mol. The van der Waals surface area contributed by atoms with Crippen molar-refractivity contribution in [2.45, 2.75) is 30.0 Å². The lowest BCUT2D eigenvalue weighted by atomic mass is 10.2. The number of aryl methyl sites for hydroxylation is 1. The van der Waals surface area contributed by atoms with Crippen LogP contribution in [0.15, 0.2) is 11.2 Å². The zero-order valence-electron chi connectivity index (χ0n) is 9.06. The smallest absolute Gasteiger partial charge is 0.257 e. The van der Waals surface area contributed by atoms with Gasteiger partial charge in [0.15, 0.2) is 5.03 Å². The highest BCUT2D eigenvalue weighted by atomic mass is 32.2. The molecule has 0 aliphatic carbocycles. The molecule has 2 rings (SSSR count). The number of imidazole rings is 1. The van der Waals surface area contributed by atoms with Crippen molar-refractivity contribution < 1.29 is 8.42 Å². The van der Waals surface area contributed by atoms with E-state index < -0.39 is 10.0 Å². The van der Waals surface area contributed by atoms with Gasteiger partial charge in [-0.05, 0) is 25.5 Å². The molecule has 1 unspecified atom stereocenters. The average Bonchev–Trinajstić information content (AvgIpc) is 2.85. The predicted octanol–water partition coefficient (Wildman–Crippen LogP) is 0.892. The van der Waals surface area contributed by atoms with Crippen LogP contribution in [0.2, 0.25) is 0 Å². The maximum Gasteiger partial charge on any atom is 0.257 e. The molecule has 7 heteroatoms. The summed E-state index contributed by atoms with van der Waals surface area (Å²) in [6.45, 7) is 2.23. The van der Waals surface area contributed by atoms with E-state index in [-0.39, 0.29) is 5.03 Å². The minimum atomic E-state index is -3.41. The van der Waals surface area contributed by atoms with Gasteiger partial charge >= 0.3 is 0 Å². The van der Waals surface area contributed by atoms with Gasteiger partial charge in [-0.3, -0.25) is 0 Å². The summed E-state index contributed by atoms with van der Waals surface area (Å²) < 4.78 is 26.2. The molecule has 2 N–H and O–H groups in total. The van der Waals surface area contributed by atoms with Crippen molar-refractivity contribution in [3.05, 3.63) is 12.0 Å². The van der Waals surface area contributed by atoms with Gasteiger partial charge in [0.25, 0.3) is 10.0 Å². The van der Waals surface area contributed by atoms with Crippen LogP contribution in [0, 0.1) is 6.92 Å². The normalized spacial score (nSPS) is 21.4. The molecule has 1 aliphatic rings. The summed E-state index contributed by atoms with van der Waals surface area (Å²) in [6, 6.07) is 0. The molecule has 1 fully saturated rings. The summed E-state index contributed by atoms with van der Waals surface area (Å²) in [4.78, 5) is 6.61. The van der Waals surface area contributed by atoms with E-state index in [0.717, 1.165) is 12.2 Å². The zero-order chi connectivity index (χ0) is 11.6. The maximum absolute atomic E-state index is 11.8. The number of aromatic amines is 1. The quantitative estimate of drug-likeness (QED) is 0.844. The molecule has 1 saturated heterocycles. The fraction of sp³-hybridized carbons (Fsp3) is 0.667. The predicted molar refractivity (Wildman–Crippen MR) is 64.0 cm³/mol. The molecule has 16 heavy (non-hydrogen) atoms. The molecule has 1 atom stereocenters. The highest BCUT2D eigenvalue weighted by Gasteiger charge is 2.21. The average molecular weight is 261 g/mol. The van der Waals surface area contributed by atoms with E-state index in [9.17, 15) is 8.42 Å². The highest BCUT2D eigenvalue weighted by molar-refractivity contribution is 8.00. The molecule has 90 valence electrons. The first-order valence-electron chi connectivity index (χ1n) is 5.21.